The molecule has 0 spiro atoms. The van der Waals surface area contributed by atoms with Crippen molar-refractivity contribution in [3.63, 3.8) is 0 Å². The summed E-state index contributed by atoms with van der Waals surface area (Å²) >= 11 is 0. The van der Waals surface area contributed by atoms with Crippen LogP contribution in [0.25, 0.3) is 9.96 Å². The van der Waals surface area contributed by atoms with Crippen LogP contribution in [0.15, 0.2) is 0 Å². The molecule has 0 aromatic carbocycles. The summed E-state index contributed by atoms with van der Waals surface area (Å²) in [5.41, 5.74) is 1.45. The van der Waals surface area contributed by atoms with E-state index >= 15 is 0 Å². The zero-order chi connectivity index (χ0) is 20.9. The molecule has 2 fully saturated rings. The van der Waals surface area contributed by atoms with Gasteiger partial charge in [0.1, 0.15) is 0 Å². The predicted molar refractivity (Wildman–Crippen MR) is 165 cm³/mol. The second kappa shape index (κ2) is 19.8. The molecule has 2 aliphatic carbocycles. The molecule has 0 amide bonds. The zero-order valence-electron chi connectivity index (χ0n) is 27.2. The van der Waals surface area contributed by atoms with E-state index in [-0.39, 0.29) is 88.0 Å². The van der Waals surface area contributed by atoms with Gasteiger partial charge in [-0.1, -0.05) is 109 Å². The van der Waals surface area contributed by atoms with E-state index in [0.717, 1.165) is 53.3 Å². The molecule has 0 aromatic heterocycles. The van der Waals surface area contributed by atoms with Crippen LogP contribution >= 0.6 is 0 Å². The van der Waals surface area contributed by atoms with Crippen molar-refractivity contribution in [2.45, 2.75) is 92.7 Å². The van der Waals surface area contributed by atoms with Crippen LogP contribution in [0.5, 0.6) is 0 Å². The summed E-state index contributed by atoms with van der Waals surface area (Å²) in [5, 5.41) is 0. The number of nitrogens with zero attached hydrogens (tertiary/aromatic N) is 2. The first-order valence-corrected chi connectivity index (χ1v) is 17.3. The Hall–Kier alpha value is 1.78. The molecular weight excluding hydrogens is 528 g/mol. The van der Waals surface area contributed by atoms with Crippen molar-refractivity contribution in [1.29, 1.82) is 0 Å². The van der Waals surface area contributed by atoms with Gasteiger partial charge in [-0.25, -0.2) is 0 Å². The molecule has 8 unspecified atom stereocenters. The predicted octanol–water partition coefficient (Wildman–Crippen LogP) is 10.6. The van der Waals surface area contributed by atoms with Crippen molar-refractivity contribution in [3.8, 4) is 0 Å². The average Bonchev–Trinajstić information content (AvgIpc) is 2.87. The van der Waals surface area contributed by atoms with Crippen molar-refractivity contribution in [2.75, 3.05) is 6.67 Å². The second-order valence-electron chi connectivity index (χ2n) is 11.2. The maximum atomic E-state index is 5.33. The van der Waals surface area contributed by atoms with Crippen LogP contribution in [-0.2, 0) is 43.4 Å². The third kappa shape index (κ3) is 10.7. The fourth-order valence-electron chi connectivity index (χ4n) is 6.74. The van der Waals surface area contributed by atoms with Crippen LogP contribution in [0.3, 0.4) is 0 Å². The Labute approximate surface area is 259 Å². The Balaban J connectivity index is -0.000000196. The third-order valence-electron chi connectivity index (χ3n) is 9.18. The van der Waals surface area contributed by atoms with Gasteiger partial charge in [0.05, 0.1) is 0 Å². The summed E-state index contributed by atoms with van der Waals surface area (Å²) in [6.45, 7) is 30.1. The second-order valence-corrected chi connectivity index (χ2v) is 19.7. The Morgan fingerprint density at radius 3 is 0.914 bits per heavy atom. The maximum Gasteiger partial charge on any atom is 4.00 e. The van der Waals surface area contributed by atoms with Crippen molar-refractivity contribution >= 4 is 16.5 Å². The number of rotatable bonds is 6. The summed E-state index contributed by atoms with van der Waals surface area (Å²) in [4.78, 5) is 10.7. The van der Waals surface area contributed by atoms with Crippen LogP contribution < -0.4 is 0 Å². The topological polar surface area (TPSA) is 28.2 Å². The monoisotopic (exact) mass is 592 g/mol. The molecule has 2 radical (unpaired) electrons. The average molecular weight is 593 g/mol. The van der Waals surface area contributed by atoms with E-state index in [0.29, 0.717) is 0 Å². The van der Waals surface area contributed by atoms with Crippen LogP contribution in [-0.4, -0.2) is 23.1 Å². The number of hydrogen-bond donors (Lipinski definition) is 0. The Morgan fingerprint density at radius 2 is 0.743 bits per heavy atom. The minimum absolute atomic E-state index is 0. The summed E-state index contributed by atoms with van der Waals surface area (Å²) in [5.74, 6) is 8.03. The molecule has 2 rings (SSSR count). The Morgan fingerprint density at radius 1 is 0.514 bits per heavy atom. The van der Waals surface area contributed by atoms with Crippen molar-refractivity contribution in [2.24, 2.45) is 35.5 Å². The normalized spacial score (nSPS) is 32.6. The molecular formula is C29H64N2Si2Ti2. The van der Waals surface area contributed by atoms with Gasteiger partial charge in [-0.2, -0.15) is 0 Å². The van der Waals surface area contributed by atoms with Gasteiger partial charge in [-0.3, -0.25) is 6.67 Å². The molecule has 206 valence electrons. The molecule has 0 bridgehead atoms. The van der Waals surface area contributed by atoms with Crippen molar-refractivity contribution in [1.82, 2.24) is 0 Å². The quantitative estimate of drug-likeness (QED) is 0.217. The molecule has 35 heavy (non-hydrogen) atoms. The minimum Gasteiger partial charge on any atom is -0.683 e. The van der Waals surface area contributed by atoms with Gasteiger partial charge in [0.25, 0.3) is 0 Å². The van der Waals surface area contributed by atoms with Gasteiger partial charge in [-0.15, -0.1) is 0 Å². The van der Waals surface area contributed by atoms with E-state index in [9.17, 15) is 0 Å². The Bertz CT molecular complexity index is 447. The third-order valence-corrected chi connectivity index (χ3v) is 16.1. The number of hydrogen-bond acceptors (Lipinski definition) is 0. The first-order chi connectivity index (χ1) is 12.2. The van der Waals surface area contributed by atoms with Gasteiger partial charge >= 0.3 is 43.4 Å². The minimum atomic E-state index is -1.67. The molecule has 0 saturated heterocycles. The van der Waals surface area contributed by atoms with Gasteiger partial charge in [0.2, 0.25) is 0 Å². The smallest absolute Gasteiger partial charge is 0.683 e. The maximum absolute atomic E-state index is 5.33. The molecule has 8 atom stereocenters. The van der Waals surface area contributed by atoms with Gasteiger partial charge in [0, 0.05) is 0 Å². The summed E-state index contributed by atoms with van der Waals surface area (Å²) < 4.78 is 0. The largest absolute Gasteiger partial charge is 4.00 e. The molecule has 6 heteroatoms. The molecule has 2 aliphatic rings. The SMILES string of the molecule is C[C]1C(C)C(C)C(C)C1[Si](C)(C)[N-]C[N-][Si](C)(C)C1[C](C)C(C)C(C)C1C.[CH3-].[CH3-].[CH3-].[CH3-].[CH3-].[CH3-].[Ti+4].[Ti+4]. The summed E-state index contributed by atoms with van der Waals surface area (Å²) in [7, 11) is -3.34. The van der Waals surface area contributed by atoms with Crippen molar-refractivity contribution in [3.05, 3.63) is 66.4 Å². The van der Waals surface area contributed by atoms with Crippen LogP contribution in [0.1, 0.15) is 55.4 Å². The van der Waals surface area contributed by atoms with E-state index in [1.807, 2.05) is 0 Å². The van der Waals surface area contributed by atoms with Gasteiger partial charge < -0.3 is 54.5 Å². The van der Waals surface area contributed by atoms with Gasteiger partial charge in [0.15, 0.2) is 0 Å². The summed E-state index contributed by atoms with van der Waals surface area (Å²) in [6, 6.07) is 0. The molecule has 0 heterocycles. The van der Waals surface area contributed by atoms with E-state index in [4.69, 9.17) is 9.96 Å². The van der Waals surface area contributed by atoms with Crippen LogP contribution in [0.4, 0.5) is 0 Å². The van der Waals surface area contributed by atoms with Crippen LogP contribution in [0, 0.1) is 91.9 Å². The molecule has 0 aliphatic heterocycles. The first-order valence-electron chi connectivity index (χ1n) is 11.3. The van der Waals surface area contributed by atoms with Gasteiger partial charge in [-0.05, 0) is 47.3 Å². The fourth-order valence-corrected chi connectivity index (χ4v) is 14.1. The van der Waals surface area contributed by atoms with E-state index < -0.39 is 16.5 Å². The van der Waals surface area contributed by atoms with Crippen molar-refractivity contribution < 1.29 is 43.4 Å². The van der Waals surface area contributed by atoms with E-state index in [1.54, 1.807) is 11.8 Å². The molecule has 0 aromatic rings. The zero-order valence-corrected chi connectivity index (χ0v) is 32.3. The first kappa shape index (κ1) is 53.1. The van der Waals surface area contributed by atoms with Crippen LogP contribution in [0.2, 0.25) is 37.3 Å². The summed E-state index contributed by atoms with van der Waals surface area (Å²) in [6.07, 6.45) is 0. The molecule has 2 saturated carbocycles. The Kier molecular flexibility index (Phi) is 30.0. The molecule has 0 N–H and O–H groups in total. The van der Waals surface area contributed by atoms with E-state index in [2.05, 4.69) is 81.6 Å². The molecule has 2 nitrogen and oxygen atoms in total. The standard InChI is InChI=1S/C23H46N2Si2.6CH3.2Ti/c1-14-15(2)19(6)22(18(14)5)26(9,10)24-13-25-27(11,12)23-20(7)16(3)17(4)21(23)8;;;;;;;;/h14-18,20,22-23H,13H2,1-12H3;6*1H3;;/q-2;6*-1;2*+4. The van der Waals surface area contributed by atoms with E-state index in [1.165, 1.54) is 0 Å². The fraction of sp³-hybridized carbons (Fsp3) is 0.724.